The van der Waals surface area contributed by atoms with E-state index in [-0.39, 0.29) is 41.8 Å². The summed E-state index contributed by atoms with van der Waals surface area (Å²) in [5.74, 6) is -0.0888. The first-order chi connectivity index (χ1) is 19.1. The van der Waals surface area contributed by atoms with Gasteiger partial charge in [-0.15, -0.1) is 0 Å². The average Bonchev–Trinajstić information content (AvgIpc) is 3.63. The van der Waals surface area contributed by atoms with Crippen LogP contribution in [0, 0.1) is 25.2 Å². The van der Waals surface area contributed by atoms with Crippen molar-refractivity contribution in [2.45, 2.75) is 58.7 Å². The molecule has 2 bridgehead atoms. The van der Waals surface area contributed by atoms with Crippen molar-refractivity contribution in [2.24, 2.45) is 5.92 Å². The number of aromatic nitrogens is 3. The van der Waals surface area contributed by atoms with Crippen molar-refractivity contribution in [1.82, 2.24) is 25.0 Å². The van der Waals surface area contributed by atoms with Gasteiger partial charge in [0.1, 0.15) is 28.7 Å². The number of Topliss-reactive ketones (excluding diaryl/α,β-unsaturated/α-hetero) is 1. The van der Waals surface area contributed by atoms with E-state index in [0.717, 1.165) is 36.0 Å². The molecular weight excluding hydrogens is 574 g/mol. The molecule has 1 saturated carbocycles. The molecule has 3 aromatic rings. The molecule has 0 spiro atoms. The first-order valence-electron chi connectivity index (χ1n) is 13.3. The summed E-state index contributed by atoms with van der Waals surface area (Å²) in [6.07, 6.45) is 5.51. The van der Waals surface area contributed by atoms with Crippen molar-refractivity contribution in [3.8, 4) is 0 Å². The summed E-state index contributed by atoms with van der Waals surface area (Å²) >= 11 is 3.36. The summed E-state index contributed by atoms with van der Waals surface area (Å²) in [5, 5.41) is 18.9. The number of benzene rings is 1. The Morgan fingerprint density at radius 3 is 2.65 bits per heavy atom. The lowest BCUT2D eigenvalue weighted by atomic mass is 9.97. The van der Waals surface area contributed by atoms with Gasteiger partial charge in [-0.25, -0.2) is 4.98 Å². The topological polar surface area (TPSA) is 133 Å². The Labute approximate surface area is 240 Å². The number of anilines is 1. The van der Waals surface area contributed by atoms with Crippen molar-refractivity contribution in [2.75, 3.05) is 12.4 Å². The lowest BCUT2D eigenvalue weighted by Crippen LogP contribution is -2.52. The molecule has 0 radical (unpaired) electrons. The van der Waals surface area contributed by atoms with E-state index < -0.39 is 6.04 Å². The normalized spacial score (nSPS) is 20.2. The number of pyridine rings is 1. The number of aryl methyl sites for hydroxylation is 2. The second-order valence-electron chi connectivity index (χ2n) is 10.5. The van der Waals surface area contributed by atoms with Gasteiger partial charge in [0.25, 0.3) is 0 Å². The predicted octanol–water partition coefficient (Wildman–Crippen LogP) is 4.24. The van der Waals surface area contributed by atoms with Gasteiger partial charge in [0.05, 0.1) is 5.52 Å². The summed E-state index contributed by atoms with van der Waals surface area (Å²) in [5.41, 5.74) is 4.06. The number of amides is 2. The fourth-order valence-corrected chi connectivity index (χ4v) is 6.46. The standard InChI is InChI=1S/C29H32BrN7O3/c1-15-5-8-23(30)33-28(15)34-29(40)27-18-6-7-21(10-18)37(27)24(39)14-36-26-16(2)9-19(20(12-31)13-32-4)11-22(26)25(35-36)17(3)38/h5,8-9,11-13,18,21,27,31-32H,6-7,10,14H2,1-4H3,(H,33,34,40)/b20-13+,31-12?/t18?,21?,27-/m0/s1. The summed E-state index contributed by atoms with van der Waals surface area (Å²) in [4.78, 5) is 46.1. The van der Waals surface area contributed by atoms with Crippen LogP contribution in [0.4, 0.5) is 5.82 Å². The lowest BCUT2D eigenvalue weighted by Gasteiger charge is -2.34. The third-order valence-electron chi connectivity index (χ3n) is 7.89. The average molecular weight is 607 g/mol. The summed E-state index contributed by atoms with van der Waals surface area (Å²) in [6, 6.07) is 6.85. The number of fused-ring (bicyclic) bond motifs is 3. The number of allylic oxidation sites excluding steroid dienone is 1. The highest BCUT2D eigenvalue weighted by atomic mass is 79.9. The molecular formula is C29H32BrN7O3. The van der Waals surface area contributed by atoms with E-state index in [4.69, 9.17) is 5.41 Å². The molecule has 3 atom stereocenters. The molecule has 40 heavy (non-hydrogen) atoms. The number of nitrogens with one attached hydrogen (secondary N) is 3. The number of halogens is 1. The molecule has 2 amide bonds. The van der Waals surface area contributed by atoms with Gasteiger partial charge in [0.2, 0.25) is 11.8 Å². The highest BCUT2D eigenvalue weighted by molar-refractivity contribution is 9.10. The van der Waals surface area contributed by atoms with E-state index in [2.05, 4.69) is 36.6 Å². The van der Waals surface area contributed by atoms with Gasteiger partial charge in [0.15, 0.2) is 5.78 Å². The SMILES string of the molecule is CN/C=C(\C=N)c1cc(C)c2c(c1)c(C(C)=O)nn2CC(=O)N1C2CCC(C2)[C@H]1C(=O)Nc1nc(Br)ccc1C. The maximum Gasteiger partial charge on any atom is 0.248 e. The van der Waals surface area contributed by atoms with Gasteiger partial charge in [-0.3, -0.25) is 19.1 Å². The molecule has 10 nitrogen and oxygen atoms in total. The Morgan fingerprint density at radius 2 is 1.95 bits per heavy atom. The lowest BCUT2D eigenvalue weighted by molar-refractivity contribution is -0.141. The third kappa shape index (κ3) is 4.94. The zero-order valence-electron chi connectivity index (χ0n) is 22.9. The summed E-state index contributed by atoms with van der Waals surface area (Å²) < 4.78 is 2.20. The van der Waals surface area contributed by atoms with Crippen molar-refractivity contribution in [3.63, 3.8) is 0 Å². The highest BCUT2D eigenvalue weighted by Gasteiger charge is 2.51. The number of carbonyl (C=O) groups is 3. The van der Waals surface area contributed by atoms with Gasteiger partial charge in [-0.2, -0.15) is 5.10 Å². The van der Waals surface area contributed by atoms with E-state index in [1.54, 1.807) is 22.8 Å². The number of hydrogen-bond donors (Lipinski definition) is 3. The van der Waals surface area contributed by atoms with Crippen LogP contribution in [0.1, 0.15) is 53.4 Å². The van der Waals surface area contributed by atoms with Crippen molar-refractivity contribution >= 4 is 62.0 Å². The predicted molar refractivity (Wildman–Crippen MR) is 157 cm³/mol. The van der Waals surface area contributed by atoms with Crippen molar-refractivity contribution < 1.29 is 14.4 Å². The van der Waals surface area contributed by atoms with Crippen LogP contribution >= 0.6 is 15.9 Å². The molecule has 1 aliphatic heterocycles. The Kier molecular flexibility index (Phi) is 7.59. The van der Waals surface area contributed by atoms with Crippen LogP contribution in [0.5, 0.6) is 0 Å². The van der Waals surface area contributed by atoms with Gasteiger partial charge >= 0.3 is 0 Å². The maximum absolute atomic E-state index is 13.9. The minimum absolute atomic E-state index is 0.00607. The van der Waals surface area contributed by atoms with Crippen LogP contribution in [0.15, 0.2) is 35.1 Å². The molecule has 2 aromatic heterocycles. The Balaban J connectivity index is 1.47. The minimum Gasteiger partial charge on any atom is -0.393 e. The molecule has 11 heteroatoms. The Hall–Kier alpha value is -3.86. The maximum atomic E-state index is 13.9. The number of nitrogens with zero attached hydrogens (tertiary/aromatic N) is 4. The number of hydrogen-bond acceptors (Lipinski definition) is 7. The second kappa shape index (κ2) is 11.0. The molecule has 2 fully saturated rings. The van der Waals surface area contributed by atoms with E-state index in [0.29, 0.717) is 26.9 Å². The number of likely N-dealkylation sites (tertiary alicyclic amines) is 1. The minimum atomic E-state index is -0.588. The number of piperidine rings is 1. The quantitative estimate of drug-likeness (QED) is 0.200. The Morgan fingerprint density at radius 1 is 1.18 bits per heavy atom. The van der Waals surface area contributed by atoms with Crippen LogP contribution in [0.2, 0.25) is 0 Å². The molecule has 1 aromatic carbocycles. The van der Waals surface area contributed by atoms with Crippen LogP contribution < -0.4 is 10.6 Å². The monoisotopic (exact) mass is 605 g/mol. The molecule has 5 rings (SSSR count). The molecule has 1 saturated heterocycles. The van der Waals surface area contributed by atoms with E-state index in [9.17, 15) is 14.4 Å². The van der Waals surface area contributed by atoms with Crippen molar-refractivity contribution in [3.05, 3.63) is 57.5 Å². The molecule has 208 valence electrons. The largest absolute Gasteiger partial charge is 0.393 e. The van der Waals surface area contributed by atoms with Crippen molar-refractivity contribution in [1.29, 1.82) is 5.41 Å². The zero-order valence-corrected chi connectivity index (χ0v) is 24.5. The molecule has 1 aliphatic carbocycles. The molecule has 2 unspecified atom stereocenters. The van der Waals surface area contributed by atoms with Crippen LogP contribution in [0.25, 0.3) is 16.5 Å². The fourth-order valence-electron chi connectivity index (χ4n) is 6.15. The fraction of sp³-hybridized carbons (Fsp3) is 0.379. The summed E-state index contributed by atoms with van der Waals surface area (Å²) in [7, 11) is 1.76. The second-order valence-corrected chi connectivity index (χ2v) is 11.4. The number of carbonyl (C=O) groups excluding carboxylic acids is 3. The zero-order chi connectivity index (χ0) is 28.7. The van der Waals surface area contributed by atoms with Gasteiger partial charge in [-0.1, -0.05) is 6.07 Å². The highest BCUT2D eigenvalue weighted by Crippen LogP contribution is 2.43. The summed E-state index contributed by atoms with van der Waals surface area (Å²) in [6.45, 7) is 5.14. The molecule has 3 N–H and O–H groups in total. The smallest absolute Gasteiger partial charge is 0.248 e. The van der Waals surface area contributed by atoms with E-state index in [1.807, 2.05) is 38.1 Å². The van der Waals surface area contributed by atoms with Gasteiger partial charge in [0, 0.05) is 43.4 Å². The van der Waals surface area contributed by atoms with Crippen LogP contribution in [0.3, 0.4) is 0 Å². The van der Waals surface area contributed by atoms with E-state index in [1.165, 1.54) is 13.1 Å². The first-order valence-corrected chi connectivity index (χ1v) is 14.1. The number of rotatable bonds is 8. The number of ketones is 1. The van der Waals surface area contributed by atoms with Crippen LogP contribution in [-0.2, 0) is 16.1 Å². The molecule has 3 heterocycles. The van der Waals surface area contributed by atoms with Gasteiger partial charge < -0.3 is 20.9 Å². The van der Waals surface area contributed by atoms with E-state index >= 15 is 0 Å². The molecule has 2 aliphatic rings. The van der Waals surface area contributed by atoms with Crippen LogP contribution in [-0.4, -0.2) is 62.6 Å². The first kappa shape index (κ1) is 27.7. The Bertz CT molecular complexity index is 1580. The van der Waals surface area contributed by atoms with Gasteiger partial charge in [-0.05, 0) is 89.8 Å². The third-order valence-corrected chi connectivity index (χ3v) is 8.33.